The number of nitrogens with zero attached hydrogens (tertiary/aromatic N) is 4. The number of anilines is 2. The van der Waals surface area contributed by atoms with E-state index in [0.29, 0.717) is 29.6 Å². The number of nitrogens with one attached hydrogen (secondary N) is 2. The number of hydrogen-bond acceptors (Lipinski definition) is 6. The zero-order chi connectivity index (χ0) is 24.6. The molecule has 3 unspecified atom stereocenters. The fraction of sp³-hybridized carbons (Fsp3) is 0.519. The lowest BCUT2D eigenvalue weighted by molar-refractivity contribution is -0.0980. The molecular weight excluding hydrogens is 462 g/mol. The van der Waals surface area contributed by atoms with Gasteiger partial charge in [-0.05, 0) is 64.0 Å². The van der Waals surface area contributed by atoms with E-state index in [9.17, 15) is 8.78 Å². The average molecular weight is 493 g/mol. The predicted molar refractivity (Wildman–Crippen MR) is 132 cm³/mol. The van der Waals surface area contributed by atoms with Crippen LogP contribution in [0.2, 0.25) is 0 Å². The molecule has 36 heavy (non-hydrogen) atoms. The first-order valence-corrected chi connectivity index (χ1v) is 13.0. The third kappa shape index (κ3) is 3.43. The van der Waals surface area contributed by atoms with Crippen molar-refractivity contribution in [3.63, 3.8) is 0 Å². The highest BCUT2D eigenvalue weighted by molar-refractivity contribution is 5.84. The summed E-state index contributed by atoms with van der Waals surface area (Å²) in [5, 5.41) is 11.6. The second-order valence-electron chi connectivity index (χ2n) is 11.1. The third-order valence-corrected chi connectivity index (χ3v) is 8.71. The average Bonchev–Trinajstić information content (AvgIpc) is 3.27. The van der Waals surface area contributed by atoms with Crippen molar-refractivity contribution < 1.29 is 13.5 Å². The van der Waals surface area contributed by atoms with Gasteiger partial charge in [0, 0.05) is 48.0 Å². The number of halogens is 2. The SMILES string of the molecule is CC1Nc2nc(C3CCO[C@@H](c4cnn(C56CC(C5)C6)c4)C3)nc(-c3ccc(F)cc3F)c2NC1C. The second kappa shape index (κ2) is 7.96. The molecule has 5 aliphatic rings. The number of fused-ring (bicyclic) bond motifs is 1. The molecule has 2 aromatic heterocycles. The van der Waals surface area contributed by atoms with Crippen LogP contribution in [0.15, 0.2) is 30.6 Å². The van der Waals surface area contributed by atoms with Crippen LogP contribution in [0, 0.1) is 17.6 Å². The molecule has 0 spiro atoms. The van der Waals surface area contributed by atoms with Crippen LogP contribution < -0.4 is 10.6 Å². The van der Waals surface area contributed by atoms with Crippen LogP contribution in [0.25, 0.3) is 11.3 Å². The Bertz CT molecular complexity index is 1320. The van der Waals surface area contributed by atoms with Gasteiger partial charge in [0.25, 0.3) is 0 Å². The Morgan fingerprint density at radius 1 is 1.08 bits per heavy atom. The van der Waals surface area contributed by atoms with Gasteiger partial charge >= 0.3 is 0 Å². The fourth-order valence-electron chi connectivity index (χ4n) is 6.21. The van der Waals surface area contributed by atoms with Gasteiger partial charge < -0.3 is 15.4 Å². The van der Waals surface area contributed by atoms with Crippen LogP contribution >= 0.6 is 0 Å². The van der Waals surface area contributed by atoms with Crippen LogP contribution in [0.4, 0.5) is 20.3 Å². The summed E-state index contributed by atoms with van der Waals surface area (Å²) in [6.45, 7) is 4.72. The van der Waals surface area contributed by atoms with Gasteiger partial charge in [-0.15, -0.1) is 0 Å². The van der Waals surface area contributed by atoms with Crippen molar-refractivity contribution in [1.82, 2.24) is 19.7 Å². The zero-order valence-corrected chi connectivity index (χ0v) is 20.5. The van der Waals surface area contributed by atoms with Crippen molar-refractivity contribution in [2.75, 3.05) is 17.2 Å². The Morgan fingerprint density at radius 2 is 1.89 bits per heavy atom. The van der Waals surface area contributed by atoms with Crippen molar-refractivity contribution in [1.29, 1.82) is 0 Å². The van der Waals surface area contributed by atoms with Crippen LogP contribution in [-0.4, -0.2) is 38.4 Å². The lowest BCUT2D eigenvalue weighted by Gasteiger charge is -2.61. The van der Waals surface area contributed by atoms with Gasteiger partial charge in [-0.25, -0.2) is 18.7 Å². The molecule has 3 saturated carbocycles. The summed E-state index contributed by atoms with van der Waals surface area (Å²) >= 11 is 0. The molecule has 7 nitrogen and oxygen atoms in total. The molecular formula is C27H30F2N6O. The largest absolute Gasteiger partial charge is 0.376 e. The lowest BCUT2D eigenvalue weighted by atomic mass is 9.50. The predicted octanol–water partition coefficient (Wildman–Crippen LogP) is 5.38. The highest BCUT2D eigenvalue weighted by atomic mass is 19.1. The highest BCUT2D eigenvalue weighted by Gasteiger charge is 2.58. The maximum atomic E-state index is 14.9. The van der Waals surface area contributed by atoms with Crippen molar-refractivity contribution in [2.24, 2.45) is 5.92 Å². The summed E-state index contributed by atoms with van der Waals surface area (Å²) in [7, 11) is 0. The minimum Gasteiger partial charge on any atom is -0.376 e. The van der Waals surface area contributed by atoms with Gasteiger partial charge in [-0.1, -0.05) is 0 Å². The van der Waals surface area contributed by atoms with E-state index in [1.807, 2.05) is 6.20 Å². The van der Waals surface area contributed by atoms with Crippen LogP contribution in [0.3, 0.4) is 0 Å². The van der Waals surface area contributed by atoms with Gasteiger partial charge in [0.15, 0.2) is 5.82 Å². The molecule has 2 N–H and O–H groups in total. The standard InChI is InChI=1S/C27H30F2N6O/c1-14-15(2)32-26-24(31-14)23(20-4-3-19(28)8-21(20)29)33-25(34-26)17-5-6-36-22(7-17)18-12-30-35(13-18)27-9-16(10-27)11-27/h3-4,8,12-17,22,31H,5-7,9-11H2,1-2H3,(H,32,33,34)/t14?,15?,16?,17?,22-,27?/m1/s1. The lowest BCUT2D eigenvalue weighted by Crippen LogP contribution is -2.59. The zero-order valence-electron chi connectivity index (χ0n) is 20.5. The fourth-order valence-corrected chi connectivity index (χ4v) is 6.21. The van der Waals surface area contributed by atoms with Crippen LogP contribution in [-0.2, 0) is 10.3 Å². The van der Waals surface area contributed by atoms with E-state index >= 15 is 0 Å². The monoisotopic (exact) mass is 492 g/mol. The Kier molecular flexibility index (Phi) is 4.90. The summed E-state index contributed by atoms with van der Waals surface area (Å²) in [6.07, 6.45) is 9.24. The van der Waals surface area contributed by atoms with E-state index in [-0.39, 0.29) is 35.2 Å². The molecule has 9 heteroatoms. The van der Waals surface area contributed by atoms with Gasteiger partial charge in [-0.2, -0.15) is 5.10 Å². The van der Waals surface area contributed by atoms with E-state index in [0.717, 1.165) is 30.4 Å². The second-order valence-corrected chi connectivity index (χ2v) is 11.1. The van der Waals surface area contributed by atoms with E-state index in [1.54, 1.807) is 0 Å². The highest BCUT2D eigenvalue weighted by Crippen LogP contribution is 2.62. The summed E-state index contributed by atoms with van der Waals surface area (Å²) < 4.78 is 36.9. The summed E-state index contributed by atoms with van der Waals surface area (Å²) in [6, 6.07) is 3.85. The Morgan fingerprint density at radius 3 is 2.64 bits per heavy atom. The molecule has 2 aliphatic heterocycles. The van der Waals surface area contributed by atoms with Crippen molar-refractivity contribution in [3.8, 4) is 11.3 Å². The van der Waals surface area contributed by atoms with Crippen LogP contribution in [0.1, 0.15) is 69.4 Å². The van der Waals surface area contributed by atoms with Crippen molar-refractivity contribution in [3.05, 3.63) is 53.6 Å². The molecule has 1 saturated heterocycles. The van der Waals surface area contributed by atoms with E-state index in [2.05, 4.69) is 40.5 Å². The molecule has 1 aromatic carbocycles. The molecule has 4 heterocycles. The first-order chi connectivity index (χ1) is 17.4. The molecule has 2 bridgehead atoms. The van der Waals surface area contributed by atoms with E-state index < -0.39 is 11.6 Å². The van der Waals surface area contributed by atoms with Crippen LogP contribution in [0.5, 0.6) is 0 Å². The quantitative estimate of drug-likeness (QED) is 0.510. The molecule has 4 atom stereocenters. The first kappa shape index (κ1) is 22.2. The van der Waals surface area contributed by atoms with Crippen molar-refractivity contribution >= 4 is 11.5 Å². The summed E-state index contributed by atoms with van der Waals surface area (Å²) in [5.41, 5.74) is 2.71. The molecule has 0 radical (unpaired) electrons. The molecule has 188 valence electrons. The Labute approximate surface area is 208 Å². The number of aromatic nitrogens is 4. The summed E-state index contributed by atoms with van der Waals surface area (Å²) in [5.74, 6) is 1.00. The van der Waals surface area contributed by atoms with Gasteiger partial charge in [0.2, 0.25) is 0 Å². The topological polar surface area (TPSA) is 76.9 Å². The molecule has 3 aliphatic carbocycles. The normalized spacial score (nSPS) is 32.5. The smallest absolute Gasteiger partial charge is 0.154 e. The molecule has 0 amide bonds. The minimum atomic E-state index is -0.638. The molecule has 4 fully saturated rings. The van der Waals surface area contributed by atoms with Gasteiger partial charge in [-0.3, -0.25) is 4.68 Å². The summed E-state index contributed by atoms with van der Waals surface area (Å²) in [4.78, 5) is 9.78. The third-order valence-electron chi connectivity index (χ3n) is 8.71. The number of ether oxygens (including phenoxy) is 1. The number of benzene rings is 1. The maximum Gasteiger partial charge on any atom is 0.154 e. The molecule has 8 rings (SSSR count). The Hall–Kier alpha value is -3.07. The number of rotatable bonds is 4. The van der Waals surface area contributed by atoms with E-state index in [4.69, 9.17) is 14.7 Å². The van der Waals surface area contributed by atoms with Gasteiger partial charge in [0.1, 0.15) is 28.8 Å². The Balaban J connectivity index is 1.22. The molecule has 3 aromatic rings. The van der Waals surface area contributed by atoms with Crippen molar-refractivity contribution in [2.45, 2.75) is 75.6 Å². The van der Waals surface area contributed by atoms with E-state index in [1.165, 1.54) is 31.4 Å². The first-order valence-electron chi connectivity index (χ1n) is 13.0. The van der Waals surface area contributed by atoms with Gasteiger partial charge in [0.05, 0.1) is 17.8 Å². The number of hydrogen-bond donors (Lipinski definition) is 2. The minimum absolute atomic E-state index is 0.0473. The maximum absolute atomic E-state index is 14.9.